The molecule has 0 aliphatic carbocycles. The summed E-state index contributed by atoms with van der Waals surface area (Å²) in [5.41, 5.74) is 6.33. The Morgan fingerprint density at radius 1 is 1.10 bits per heavy atom. The van der Waals surface area contributed by atoms with E-state index in [1.54, 1.807) is 12.3 Å². The first kappa shape index (κ1) is 27.6. The van der Waals surface area contributed by atoms with Crippen molar-refractivity contribution in [2.45, 2.75) is 18.9 Å². The van der Waals surface area contributed by atoms with Crippen molar-refractivity contribution in [1.29, 1.82) is 0 Å². The van der Waals surface area contributed by atoms with Gasteiger partial charge in [-0.15, -0.1) is 0 Å². The highest BCUT2D eigenvalue weighted by molar-refractivity contribution is 5.96. The Labute approximate surface area is 229 Å². The molecule has 0 radical (unpaired) electrons. The lowest BCUT2D eigenvalue weighted by molar-refractivity contribution is -0.127. The number of likely N-dealkylation sites (N-methyl/N-ethyl adjacent to an activating group) is 2. The molecule has 3 aromatic rings. The number of amides is 2. The van der Waals surface area contributed by atoms with Gasteiger partial charge in [-0.05, 0) is 63.3 Å². The number of aromatic nitrogens is 2. The molecule has 0 unspecified atom stereocenters. The molecule has 1 atom stereocenters. The van der Waals surface area contributed by atoms with Gasteiger partial charge in [-0.3, -0.25) is 9.59 Å². The third kappa shape index (κ3) is 7.55. The molecular weight excluding hydrogens is 494 g/mol. The highest BCUT2D eigenvalue weighted by Gasteiger charge is 2.27. The van der Waals surface area contributed by atoms with Crippen molar-refractivity contribution in [3.8, 4) is 11.5 Å². The number of benzene rings is 2. The summed E-state index contributed by atoms with van der Waals surface area (Å²) in [4.78, 5) is 39.7. The number of anilines is 3. The van der Waals surface area contributed by atoms with E-state index in [2.05, 4.69) is 10.3 Å². The Bertz CT molecular complexity index is 1300. The summed E-state index contributed by atoms with van der Waals surface area (Å²) in [7, 11) is 5.85. The molecule has 2 heterocycles. The van der Waals surface area contributed by atoms with E-state index < -0.39 is 5.91 Å². The molecule has 1 fully saturated rings. The molecule has 10 heteroatoms. The number of hydrogen-bond acceptors (Lipinski definition) is 8. The first-order valence-electron chi connectivity index (χ1n) is 12.9. The van der Waals surface area contributed by atoms with Crippen LogP contribution in [0.25, 0.3) is 0 Å². The van der Waals surface area contributed by atoms with Gasteiger partial charge in [-0.2, -0.15) is 0 Å². The lowest BCUT2D eigenvalue weighted by Gasteiger charge is -2.37. The van der Waals surface area contributed by atoms with E-state index in [0.717, 1.165) is 25.1 Å². The standard InChI is InChI=1S/C29H35N7O3/c1-34(2)17-8-12-26(37)36-18-7-9-22(20-36)35(3)25-19-31-27(28(30)38)29(33-25)32-21-13-15-24(16-14-21)39-23-10-5-4-6-11-23/h4-6,8,10-16,19,22H,7,9,17-18,20H2,1-3H3,(H2,30,38)(H,32,33)/t22-/m1/s1. The molecule has 1 saturated heterocycles. The van der Waals surface area contributed by atoms with Crippen LogP contribution in [0.15, 0.2) is 72.9 Å². The predicted octanol–water partition coefficient (Wildman–Crippen LogP) is 3.66. The molecule has 1 aliphatic rings. The topological polar surface area (TPSA) is 117 Å². The van der Waals surface area contributed by atoms with Gasteiger partial charge >= 0.3 is 0 Å². The van der Waals surface area contributed by atoms with Gasteiger partial charge in [0.25, 0.3) is 5.91 Å². The number of carbonyl (C=O) groups excluding carboxylic acids is 2. The third-order valence-corrected chi connectivity index (χ3v) is 6.44. The number of nitrogens with two attached hydrogens (primary N) is 1. The Morgan fingerprint density at radius 3 is 2.51 bits per heavy atom. The lowest BCUT2D eigenvalue weighted by atomic mass is 10.0. The fourth-order valence-corrected chi connectivity index (χ4v) is 4.31. The van der Waals surface area contributed by atoms with Gasteiger partial charge < -0.3 is 30.5 Å². The lowest BCUT2D eigenvalue weighted by Crippen LogP contribution is -2.48. The van der Waals surface area contributed by atoms with Crippen LogP contribution < -0.4 is 20.7 Å². The summed E-state index contributed by atoms with van der Waals surface area (Å²) < 4.78 is 5.85. The fraction of sp³-hybridized carbons (Fsp3) is 0.310. The Morgan fingerprint density at radius 2 is 1.82 bits per heavy atom. The summed E-state index contributed by atoms with van der Waals surface area (Å²) in [6.45, 7) is 2.01. The largest absolute Gasteiger partial charge is 0.457 e. The summed E-state index contributed by atoms with van der Waals surface area (Å²) in [6.07, 6.45) is 6.86. The molecule has 0 bridgehead atoms. The average Bonchev–Trinajstić information content (AvgIpc) is 2.94. The zero-order valence-corrected chi connectivity index (χ0v) is 22.6. The van der Waals surface area contributed by atoms with E-state index in [9.17, 15) is 9.59 Å². The van der Waals surface area contributed by atoms with E-state index in [-0.39, 0.29) is 23.5 Å². The maximum Gasteiger partial charge on any atom is 0.271 e. The van der Waals surface area contributed by atoms with Gasteiger partial charge in [0.1, 0.15) is 17.3 Å². The van der Waals surface area contributed by atoms with Crippen LogP contribution in [0.1, 0.15) is 23.3 Å². The summed E-state index contributed by atoms with van der Waals surface area (Å²) in [6, 6.07) is 16.9. The quantitative estimate of drug-likeness (QED) is 0.382. The number of para-hydroxylation sites is 1. The summed E-state index contributed by atoms with van der Waals surface area (Å²) in [5, 5.41) is 3.17. The van der Waals surface area contributed by atoms with E-state index in [1.807, 2.05) is 96.5 Å². The first-order chi connectivity index (χ1) is 18.8. The van der Waals surface area contributed by atoms with Gasteiger partial charge in [0, 0.05) is 44.5 Å². The monoisotopic (exact) mass is 529 g/mol. The van der Waals surface area contributed by atoms with Crippen LogP contribution in [0, 0.1) is 0 Å². The number of rotatable bonds is 10. The molecule has 204 valence electrons. The normalized spacial score (nSPS) is 15.4. The van der Waals surface area contributed by atoms with Crippen LogP contribution in [0.4, 0.5) is 17.3 Å². The van der Waals surface area contributed by atoms with Gasteiger partial charge in [-0.1, -0.05) is 24.3 Å². The van der Waals surface area contributed by atoms with Gasteiger partial charge in [-0.25, -0.2) is 9.97 Å². The van der Waals surface area contributed by atoms with Crippen molar-refractivity contribution < 1.29 is 14.3 Å². The predicted molar refractivity (Wildman–Crippen MR) is 152 cm³/mol. The Hall–Kier alpha value is -4.44. The van der Waals surface area contributed by atoms with Crippen molar-refractivity contribution >= 4 is 29.1 Å². The van der Waals surface area contributed by atoms with Crippen LogP contribution >= 0.6 is 0 Å². The van der Waals surface area contributed by atoms with Crippen LogP contribution in [0.5, 0.6) is 11.5 Å². The second-order valence-corrected chi connectivity index (χ2v) is 9.71. The fourth-order valence-electron chi connectivity index (χ4n) is 4.31. The van der Waals surface area contributed by atoms with Crippen molar-refractivity contribution in [3.05, 3.63) is 78.6 Å². The summed E-state index contributed by atoms with van der Waals surface area (Å²) >= 11 is 0. The van der Waals surface area contributed by atoms with Crippen molar-refractivity contribution in [1.82, 2.24) is 19.8 Å². The van der Waals surface area contributed by atoms with Crippen molar-refractivity contribution in [2.75, 3.05) is 51.0 Å². The molecule has 0 spiro atoms. The number of nitrogens with one attached hydrogen (secondary N) is 1. The Kier molecular flexibility index (Phi) is 9.11. The maximum absolute atomic E-state index is 12.7. The number of primary amides is 1. The second kappa shape index (κ2) is 12.9. The van der Waals surface area contributed by atoms with Crippen LogP contribution in [-0.4, -0.2) is 78.4 Å². The minimum absolute atomic E-state index is 0.00663. The third-order valence-electron chi connectivity index (χ3n) is 6.44. The van der Waals surface area contributed by atoms with E-state index in [4.69, 9.17) is 15.5 Å². The second-order valence-electron chi connectivity index (χ2n) is 9.71. The number of ether oxygens (including phenoxy) is 1. The van der Waals surface area contributed by atoms with Gasteiger partial charge in [0.15, 0.2) is 11.5 Å². The molecule has 1 aromatic heterocycles. The first-order valence-corrected chi connectivity index (χ1v) is 12.9. The number of nitrogens with zero attached hydrogens (tertiary/aromatic N) is 5. The molecule has 1 aliphatic heterocycles. The molecule has 3 N–H and O–H groups in total. The molecule has 10 nitrogen and oxygen atoms in total. The molecule has 4 rings (SSSR count). The zero-order chi connectivity index (χ0) is 27.8. The number of hydrogen-bond donors (Lipinski definition) is 2. The summed E-state index contributed by atoms with van der Waals surface area (Å²) in [5.74, 6) is 1.58. The van der Waals surface area contributed by atoms with Crippen molar-refractivity contribution in [3.63, 3.8) is 0 Å². The molecule has 0 saturated carbocycles. The van der Waals surface area contributed by atoms with E-state index in [0.29, 0.717) is 30.3 Å². The van der Waals surface area contributed by atoms with E-state index in [1.165, 1.54) is 0 Å². The van der Waals surface area contributed by atoms with Crippen LogP contribution in [0.3, 0.4) is 0 Å². The van der Waals surface area contributed by atoms with Crippen LogP contribution in [0.2, 0.25) is 0 Å². The Balaban J connectivity index is 1.46. The number of carbonyl (C=O) groups is 2. The smallest absolute Gasteiger partial charge is 0.271 e. The van der Waals surface area contributed by atoms with E-state index >= 15 is 0 Å². The molecule has 39 heavy (non-hydrogen) atoms. The SMILES string of the molecule is CN(C)CC=CC(=O)N1CCC[C@@H](N(C)c2cnc(C(N)=O)c(Nc3ccc(Oc4ccccc4)cc3)n2)C1. The number of piperidine rings is 1. The van der Waals surface area contributed by atoms with Gasteiger partial charge in [0.2, 0.25) is 5.91 Å². The maximum atomic E-state index is 12.7. The highest BCUT2D eigenvalue weighted by Crippen LogP contribution is 2.27. The molecule has 2 aromatic carbocycles. The minimum atomic E-state index is -0.679. The number of likely N-dealkylation sites (tertiary alicyclic amines) is 1. The van der Waals surface area contributed by atoms with Crippen molar-refractivity contribution in [2.24, 2.45) is 5.73 Å². The van der Waals surface area contributed by atoms with Crippen LogP contribution in [-0.2, 0) is 4.79 Å². The van der Waals surface area contributed by atoms with Gasteiger partial charge in [0.05, 0.1) is 6.20 Å². The molecular formula is C29H35N7O3. The molecule has 2 amide bonds. The minimum Gasteiger partial charge on any atom is -0.457 e. The zero-order valence-electron chi connectivity index (χ0n) is 22.6. The average molecular weight is 530 g/mol. The highest BCUT2D eigenvalue weighted by atomic mass is 16.5.